The van der Waals surface area contributed by atoms with Gasteiger partial charge in [-0.1, -0.05) is 19.1 Å². The van der Waals surface area contributed by atoms with Crippen LogP contribution in [0.2, 0.25) is 0 Å². The van der Waals surface area contributed by atoms with Crippen LogP contribution in [0.25, 0.3) is 0 Å². The summed E-state index contributed by atoms with van der Waals surface area (Å²) in [6.45, 7) is 3.96. The van der Waals surface area contributed by atoms with Crippen LogP contribution >= 0.6 is 0 Å². The number of allylic oxidation sites excluding steroid dienone is 4. The number of aliphatic hydroxyl groups excluding tert-OH is 1. The van der Waals surface area contributed by atoms with Gasteiger partial charge in [-0.3, -0.25) is 0 Å². The average Bonchev–Trinajstić information content (AvgIpc) is 1.83. The highest BCUT2D eigenvalue weighted by Crippen LogP contribution is 2.21. The van der Waals surface area contributed by atoms with Gasteiger partial charge in [-0.25, -0.2) is 0 Å². The molecule has 50 valence electrons. The molecular formula is C8H12O. The fourth-order valence-corrected chi connectivity index (χ4v) is 1.03. The molecular weight excluding hydrogens is 112 g/mol. The third kappa shape index (κ3) is 1.15. The highest BCUT2D eigenvalue weighted by atomic mass is 16.3. The Kier molecular flexibility index (Phi) is 1.60. The Hall–Kier alpha value is -0.720. The first-order chi connectivity index (χ1) is 4.22. The van der Waals surface area contributed by atoms with Crippen LogP contribution < -0.4 is 0 Å². The zero-order chi connectivity index (χ0) is 6.85. The second kappa shape index (κ2) is 2.26. The maximum Gasteiger partial charge on any atom is 0.0982 e. The highest BCUT2D eigenvalue weighted by Gasteiger charge is 2.10. The van der Waals surface area contributed by atoms with Crippen molar-refractivity contribution in [3.8, 4) is 0 Å². The SMILES string of the molecule is CC1=C(O)[C@H](C)CC=C1. The van der Waals surface area contributed by atoms with E-state index in [-0.39, 0.29) is 0 Å². The Morgan fingerprint density at radius 2 is 2.33 bits per heavy atom. The predicted molar refractivity (Wildman–Crippen MR) is 38.2 cm³/mol. The normalized spacial score (nSPS) is 27.1. The van der Waals surface area contributed by atoms with E-state index >= 15 is 0 Å². The Morgan fingerprint density at radius 1 is 1.67 bits per heavy atom. The van der Waals surface area contributed by atoms with Gasteiger partial charge >= 0.3 is 0 Å². The Labute approximate surface area is 55.7 Å². The lowest BCUT2D eigenvalue weighted by Gasteiger charge is -2.13. The van der Waals surface area contributed by atoms with Gasteiger partial charge in [-0.05, 0) is 18.9 Å². The molecule has 1 aliphatic carbocycles. The van der Waals surface area contributed by atoms with Crippen LogP contribution in [0, 0.1) is 5.92 Å². The van der Waals surface area contributed by atoms with Gasteiger partial charge in [0.1, 0.15) is 0 Å². The third-order valence-corrected chi connectivity index (χ3v) is 1.73. The van der Waals surface area contributed by atoms with Crippen molar-refractivity contribution >= 4 is 0 Å². The van der Waals surface area contributed by atoms with Crippen molar-refractivity contribution < 1.29 is 5.11 Å². The zero-order valence-corrected chi connectivity index (χ0v) is 5.89. The molecule has 1 rings (SSSR count). The fraction of sp³-hybridized carbons (Fsp3) is 0.500. The minimum atomic E-state index is 0.329. The van der Waals surface area contributed by atoms with Crippen molar-refractivity contribution in [1.29, 1.82) is 0 Å². The molecule has 1 aliphatic rings. The highest BCUT2D eigenvalue weighted by molar-refractivity contribution is 5.24. The minimum Gasteiger partial charge on any atom is -0.512 e. The van der Waals surface area contributed by atoms with Gasteiger partial charge in [0.2, 0.25) is 0 Å². The third-order valence-electron chi connectivity index (χ3n) is 1.73. The van der Waals surface area contributed by atoms with Gasteiger partial charge in [0.05, 0.1) is 5.76 Å². The van der Waals surface area contributed by atoms with Crippen molar-refractivity contribution in [3.63, 3.8) is 0 Å². The summed E-state index contributed by atoms with van der Waals surface area (Å²) in [4.78, 5) is 0. The first kappa shape index (κ1) is 6.40. The van der Waals surface area contributed by atoms with Gasteiger partial charge in [0.25, 0.3) is 0 Å². The first-order valence-corrected chi connectivity index (χ1v) is 3.28. The standard InChI is InChI=1S/C8H12O/c1-6-4-3-5-7(2)8(6)9/h3-4,7,9H,5H2,1-2H3/t7-/m1/s1. The molecule has 0 radical (unpaired) electrons. The summed E-state index contributed by atoms with van der Waals surface area (Å²) in [5, 5.41) is 9.27. The molecule has 0 fully saturated rings. The molecule has 1 heteroatoms. The van der Waals surface area contributed by atoms with Crippen LogP contribution in [0.1, 0.15) is 20.3 Å². The van der Waals surface area contributed by atoms with Crippen molar-refractivity contribution in [2.75, 3.05) is 0 Å². The molecule has 1 atom stereocenters. The van der Waals surface area contributed by atoms with Gasteiger partial charge in [-0.15, -0.1) is 0 Å². The molecule has 9 heavy (non-hydrogen) atoms. The summed E-state index contributed by atoms with van der Waals surface area (Å²) in [6.07, 6.45) is 5.04. The summed E-state index contributed by atoms with van der Waals surface area (Å²) >= 11 is 0. The Balaban J connectivity index is 2.83. The topological polar surface area (TPSA) is 20.2 Å². The fourth-order valence-electron chi connectivity index (χ4n) is 1.03. The van der Waals surface area contributed by atoms with Gasteiger partial charge < -0.3 is 5.11 Å². The van der Waals surface area contributed by atoms with E-state index in [0.29, 0.717) is 11.7 Å². The molecule has 0 amide bonds. The van der Waals surface area contributed by atoms with E-state index in [1.165, 1.54) is 0 Å². The number of aliphatic hydroxyl groups is 1. The molecule has 0 spiro atoms. The minimum absolute atomic E-state index is 0.329. The number of hydrogen-bond donors (Lipinski definition) is 1. The van der Waals surface area contributed by atoms with Crippen LogP contribution in [-0.2, 0) is 0 Å². The van der Waals surface area contributed by atoms with E-state index in [4.69, 9.17) is 0 Å². The molecule has 0 aromatic heterocycles. The van der Waals surface area contributed by atoms with Crippen LogP contribution in [0.15, 0.2) is 23.5 Å². The maximum absolute atomic E-state index is 9.27. The Bertz CT molecular complexity index is 165. The second-order valence-electron chi connectivity index (χ2n) is 2.61. The lowest BCUT2D eigenvalue weighted by atomic mass is 9.97. The first-order valence-electron chi connectivity index (χ1n) is 3.28. The number of rotatable bonds is 0. The van der Waals surface area contributed by atoms with Crippen LogP contribution in [-0.4, -0.2) is 5.11 Å². The van der Waals surface area contributed by atoms with E-state index in [1.807, 2.05) is 19.9 Å². The van der Waals surface area contributed by atoms with Gasteiger partial charge in [-0.2, -0.15) is 0 Å². The second-order valence-corrected chi connectivity index (χ2v) is 2.61. The molecule has 0 aromatic carbocycles. The van der Waals surface area contributed by atoms with E-state index in [1.54, 1.807) is 0 Å². The molecule has 0 bridgehead atoms. The van der Waals surface area contributed by atoms with Crippen LogP contribution in [0.4, 0.5) is 0 Å². The van der Waals surface area contributed by atoms with E-state index < -0.39 is 0 Å². The lowest BCUT2D eigenvalue weighted by Crippen LogP contribution is -2.02. The molecule has 0 aromatic rings. The van der Waals surface area contributed by atoms with E-state index in [0.717, 1.165) is 12.0 Å². The average molecular weight is 124 g/mol. The largest absolute Gasteiger partial charge is 0.512 e. The van der Waals surface area contributed by atoms with Crippen LogP contribution in [0.3, 0.4) is 0 Å². The quantitative estimate of drug-likeness (QED) is 0.525. The molecule has 0 aliphatic heterocycles. The van der Waals surface area contributed by atoms with Crippen molar-refractivity contribution in [1.82, 2.24) is 0 Å². The van der Waals surface area contributed by atoms with Crippen molar-refractivity contribution in [3.05, 3.63) is 23.5 Å². The summed E-state index contributed by atoms with van der Waals surface area (Å²) in [6, 6.07) is 0. The van der Waals surface area contributed by atoms with Crippen molar-refractivity contribution in [2.45, 2.75) is 20.3 Å². The van der Waals surface area contributed by atoms with E-state index in [2.05, 4.69) is 6.08 Å². The molecule has 0 saturated heterocycles. The zero-order valence-electron chi connectivity index (χ0n) is 5.89. The summed E-state index contributed by atoms with van der Waals surface area (Å²) < 4.78 is 0. The van der Waals surface area contributed by atoms with Crippen molar-refractivity contribution in [2.24, 2.45) is 5.92 Å². The van der Waals surface area contributed by atoms with Gasteiger partial charge in [0.15, 0.2) is 0 Å². The molecule has 0 heterocycles. The molecule has 1 N–H and O–H groups in total. The molecule has 1 nitrogen and oxygen atoms in total. The summed E-state index contributed by atoms with van der Waals surface area (Å²) in [5.41, 5.74) is 1.01. The van der Waals surface area contributed by atoms with E-state index in [9.17, 15) is 5.11 Å². The molecule has 0 saturated carbocycles. The molecule has 0 unspecified atom stereocenters. The number of hydrogen-bond acceptors (Lipinski definition) is 1. The van der Waals surface area contributed by atoms with Gasteiger partial charge in [0, 0.05) is 5.92 Å². The summed E-state index contributed by atoms with van der Waals surface area (Å²) in [5.74, 6) is 0.882. The monoisotopic (exact) mass is 124 g/mol. The lowest BCUT2D eigenvalue weighted by molar-refractivity contribution is 0.333. The summed E-state index contributed by atoms with van der Waals surface area (Å²) in [7, 11) is 0. The predicted octanol–water partition coefficient (Wildman–Crippen LogP) is 2.41. The maximum atomic E-state index is 9.27. The van der Waals surface area contributed by atoms with Crippen LogP contribution in [0.5, 0.6) is 0 Å². The smallest absolute Gasteiger partial charge is 0.0982 e. The Morgan fingerprint density at radius 3 is 2.78 bits per heavy atom.